The van der Waals surface area contributed by atoms with Crippen molar-refractivity contribution in [2.24, 2.45) is 0 Å². The molecule has 0 atom stereocenters. The number of ether oxygens (including phenoxy) is 2. The number of carbonyl (C=O) groups excluding carboxylic acids is 1. The molecule has 4 aromatic rings. The Morgan fingerprint density at radius 3 is 2.45 bits per heavy atom. The van der Waals surface area contributed by atoms with Crippen LogP contribution in [0.1, 0.15) is 22.8 Å². The molecule has 0 amide bonds. The van der Waals surface area contributed by atoms with Gasteiger partial charge in [0, 0.05) is 10.9 Å². The Bertz CT molecular complexity index is 1210. The lowest BCUT2D eigenvalue weighted by atomic mass is 10.1. The van der Waals surface area contributed by atoms with Crippen LogP contribution in [0.2, 0.25) is 0 Å². The number of halogens is 1. The summed E-state index contributed by atoms with van der Waals surface area (Å²) in [5, 5.41) is 0.655. The van der Waals surface area contributed by atoms with Crippen LogP contribution in [-0.2, 0) is 4.74 Å². The van der Waals surface area contributed by atoms with Gasteiger partial charge in [-0.1, -0.05) is 66.7 Å². The van der Waals surface area contributed by atoms with Crippen LogP contribution >= 0.6 is 15.9 Å². The van der Waals surface area contributed by atoms with E-state index in [1.54, 1.807) is 6.92 Å². The minimum atomic E-state index is -0.419. The minimum absolute atomic E-state index is 0.282. The van der Waals surface area contributed by atoms with Crippen molar-refractivity contribution in [2.45, 2.75) is 6.92 Å². The van der Waals surface area contributed by atoms with Gasteiger partial charge >= 0.3 is 5.97 Å². The Hall–Kier alpha value is -3.31. The lowest BCUT2D eigenvalue weighted by Crippen LogP contribution is -2.05. The molecule has 5 heteroatoms. The lowest BCUT2D eigenvalue weighted by Gasteiger charge is -2.07. The molecule has 0 aliphatic rings. The maximum Gasteiger partial charge on any atom is 0.342 e. The smallest absolute Gasteiger partial charge is 0.342 e. The Kier molecular flexibility index (Phi) is 6.53. The fourth-order valence-corrected chi connectivity index (χ4v) is 3.73. The summed E-state index contributed by atoms with van der Waals surface area (Å²) in [6, 6.07) is 23.2. The first-order chi connectivity index (χ1) is 15.2. The van der Waals surface area contributed by atoms with E-state index in [-0.39, 0.29) is 6.61 Å². The second-order valence-corrected chi connectivity index (χ2v) is 7.65. The second-order valence-electron chi connectivity index (χ2n) is 6.80. The van der Waals surface area contributed by atoms with Gasteiger partial charge in [-0.3, -0.25) is 0 Å². The van der Waals surface area contributed by atoms with Gasteiger partial charge in [0.25, 0.3) is 0 Å². The average molecular weight is 477 g/mol. The quantitative estimate of drug-likeness (QED) is 0.266. The molecule has 1 heterocycles. The summed E-state index contributed by atoms with van der Waals surface area (Å²) in [5.74, 6) is 0.690. The van der Waals surface area contributed by atoms with Gasteiger partial charge in [0.05, 0.1) is 11.1 Å². The predicted molar refractivity (Wildman–Crippen MR) is 126 cm³/mol. The fraction of sp³-hybridized carbons (Fsp3) is 0.115. The van der Waals surface area contributed by atoms with Gasteiger partial charge in [-0.05, 0) is 46.6 Å². The van der Waals surface area contributed by atoms with Crippen LogP contribution in [0, 0.1) is 0 Å². The van der Waals surface area contributed by atoms with Gasteiger partial charge in [0.15, 0.2) is 0 Å². The molecule has 0 saturated carbocycles. The summed E-state index contributed by atoms with van der Waals surface area (Å²) in [4.78, 5) is 12.8. The van der Waals surface area contributed by atoms with E-state index in [0.717, 1.165) is 15.6 Å². The molecule has 1 aromatic heterocycles. The first-order valence-corrected chi connectivity index (χ1v) is 10.8. The summed E-state index contributed by atoms with van der Waals surface area (Å²) < 4.78 is 18.1. The standard InChI is InChI=1S/C26H21BrO4/c1-2-29-26(28)24-20-16-23(30-15-9-12-18-10-5-3-6-11-18)21(27)17-22(20)31-25(24)19-13-7-4-8-14-19/h3-14,16-17H,2,15H2,1H3. The Morgan fingerprint density at radius 2 is 1.74 bits per heavy atom. The highest BCUT2D eigenvalue weighted by atomic mass is 79.9. The van der Waals surface area contributed by atoms with E-state index in [1.165, 1.54) is 0 Å². The van der Waals surface area contributed by atoms with Crippen molar-refractivity contribution < 1.29 is 18.7 Å². The summed E-state index contributed by atoms with van der Waals surface area (Å²) in [6.45, 7) is 2.45. The molecule has 0 saturated heterocycles. The van der Waals surface area contributed by atoms with E-state index < -0.39 is 5.97 Å². The summed E-state index contributed by atoms with van der Waals surface area (Å²) >= 11 is 3.55. The Labute approximate surface area is 189 Å². The van der Waals surface area contributed by atoms with Crippen LogP contribution in [-0.4, -0.2) is 19.2 Å². The van der Waals surface area contributed by atoms with Gasteiger partial charge in [-0.25, -0.2) is 4.79 Å². The third-order valence-corrected chi connectivity index (χ3v) is 5.32. The molecule has 0 aliphatic heterocycles. The topological polar surface area (TPSA) is 48.7 Å². The molecular formula is C26H21BrO4. The Balaban J connectivity index is 1.68. The SMILES string of the molecule is CCOC(=O)c1c(-c2ccccc2)oc2cc(Br)c(OCC=Cc3ccccc3)cc12. The molecule has 4 nitrogen and oxygen atoms in total. The van der Waals surface area contributed by atoms with E-state index in [1.807, 2.05) is 84.9 Å². The van der Waals surface area contributed by atoms with E-state index in [0.29, 0.717) is 34.6 Å². The number of fused-ring (bicyclic) bond motifs is 1. The van der Waals surface area contributed by atoms with Gasteiger partial charge < -0.3 is 13.9 Å². The lowest BCUT2D eigenvalue weighted by molar-refractivity contribution is 0.0529. The molecule has 0 unspecified atom stereocenters. The number of esters is 1. The number of benzene rings is 3. The van der Waals surface area contributed by atoms with Crippen LogP contribution in [0.5, 0.6) is 5.75 Å². The van der Waals surface area contributed by atoms with E-state index in [9.17, 15) is 4.79 Å². The zero-order chi connectivity index (χ0) is 21.6. The second kappa shape index (κ2) is 9.67. The number of hydrogen-bond acceptors (Lipinski definition) is 4. The predicted octanol–water partition coefficient (Wildman–Crippen LogP) is 7.13. The summed E-state index contributed by atoms with van der Waals surface area (Å²) in [6.07, 6.45) is 3.95. The molecule has 0 bridgehead atoms. The highest BCUT2D eigenvalue weighted by Gasteiger charge is 2.24. The summed E-state index contributed by atoms with van der Waals surface area (Å²) in [7, 11) is 0. The number of carbonyl (C=O) groups is 1. The zero-order valence-corrected chi connectivity index (χ0v) is 18.6. The normalized spacial score (nSPS) is 11.2. The van der Waals surface area contributed by atoms with Crippen LogP contribution in [0.4, 0.5) is 0 Å². The third kappa shape index (κ3) is 4.72. The molecule has 3 aromatic carbocycles. The van der Waals surface area contributed by atoms with Crippen molar-refractivity contribution in [3.05, 3.63) is 94.5 Å². The van der Waals surface area contributed by atoms with Crippen LogP contribution in [0.25, 0.3) is 28.4 Å². The molecule has 0 radical (unpaired) electrons. The van der Waals surface area contributed by atoms with Gasteiger partial charge in [-0.15, -0.1) is 0 Å². The van der Waals surface area contributed by atoms with Crippen molar-refractivity contribution in [3.8, 4) is 17.1 Å². The molecular weight excluding hydrogens is 456 g/mol. The maximum absolute atomic E-state index is 12.8. The Morgan fingerprint density at radius 1 is 1.03 bits per heavy atom. The third-order valence-electron chi connectivity index (χ3n) is 4.70. The van der Waals surface area contributed by atoms with Gasteiger partial charge in [0.2, 0.25) is 0 Å². The van der Waals surface area contributed by atoms with E-state index in [2.05, 4.69) is 15.9 Å². The molecule has 156 valence electrons. The monoisotopic (exact) mass is 476 g/mol. The maximum atomic E-state index is 12.8. The van der Waals surface area contributed by atoms with Crippen LogP contribution in [0.15, 0.2) is 87.8 Å². The molecule has 4 rings (SSSR count). The molecule has 0 N–H and O–H groups in total. The molecule has 0 spiro atoms. The first kappa shape index (κ1) is 20.9. The number of hydrogen-bond donors (Lipinski definition) is 0. The van der Waals surface area contributed by atoms with E-state index >= 15 is 0 Å². The minimum Gasteiger partial charge on any atom is -0.488 e. The zero-order valence-electron chi connectivity index (χ0n) is 17.0. The number of rotatable bonds is 7. The largest absolute Gasteiger partial charge is 0.488 e. The van der Waals surface area contributed by atoms with Crippen molar-refractivity contribution in [1.29, 1.82) is 0 Å². The van der Waals surface area contributed by atoms with Crippen molar-refractivity contribution in [3.63, 3.8) is 0 Å². The molecule has 31 heavy (non-hydrogen) atoms. The van der Waals surface area contributed by atoms with Gasteiger partial charge in [0.1, 0.15) is 29.3 Å². The van der Waals surface area contributed by atoms with Gasteiger partial charge in [-0.2, -0.15) is 0 Å². The highest BCUT2D eigenvalue weighted by molar-refractivity contribution is 9.10. The fourth-order valence-electron chi connectivity index (χ4n) is 3.29. The summed E-state index contributed by atoms with van der Waals surface area (Å²) in [5.41, 5.74) is 2.90. The van der Waals surface area contributed by atoms with Crippen molar-refractivity contribution in [1.82, 2.24) is 0 Å². The number of furan rings is 1. The highest BCUT2D eigenvalue weighted by Crippen LogP contribution is 2.39. The van der Waals surface area contributed by atoms with Crippen molar-refractivity contribution >= 4 is 38.9 Å². The first-order valence-electron chi connectivity index (χ1n) is 10.0. The van der Waals surface area contributed by atoms with E-state index in [4.69, 9.17) is 13.9 Å². The van der Waals surface area contributed by atoms with Crippen molar-refractivity contribution in [2.75, 3.05) is 13.2 Å². The molecule has 0 aliphatic carbocycles. The van der Waals surface area contributed by atoms with Crippen LogP contribution < -0.4 is 4.74 Å². The average Bonchev–Trinajstić information content (AvgIpc) is 3.16. The van der Waals surface area contributed by atoms with Crippen LogP contribution in [0.3, 0.4) is 0 Å². The molecule has 0 fully saturated rings.